The van der Waals surface area contributed by atoms with Gasteiger partial charge in [-0.3, -0.25) is 4.90 Å². The molecule has 1 aliphatic rings. The van der Waals surface area contributed by atoms with Crippen molar-refractivity contribution < 1.29 is 4.74 Å². The second-order valence-corrected chi connectivity index (χ2v) is 5.25. The molecule has 1 saturated heterocycles. The topological polar surface area (TPSA) is 41.5 Å². The van der Waals surface area contributed by atoms with Crippen LogP contribution in [-0.2, 0) is 0 Å². The van der Waals surface area contributed by atoms with Crippen LogP contribution >= 0.6 is 0 Å². The van der Waals surface area contributed by atoms with Gasteiger partial charge in [-0.1, -0.05) is 18.2 Å². The Morgan fingerprint density at radius 3 is 2.81 bits per heavy atom. The van der Waals surface area contributed by atoms with Crippen molar-refractivity contribution >= 4 is 5.82 Å². The molecular formula is C16H20N4O. The molecule has 1 aromatic carbocycles. The number of hydrogen-bond donors (Lipinski definition) is 0. The minimum absolute atomic E-state index is 0.296. The van der Waals surface area contributed by atoms with Gasteiger partial charge in [0.15, 0.2) is 0 Å². The average Bonchev–Trinajstić information content (AvgIpc) is 2.56. The number of para-hydroxylation sites is 1. The Kier molecular flexibility index (Phi) is 4.01. The van der Waals surface area contributed by atoms with E-state index in [1.165, 1.54) is 5.56 Å². The Morgan fingerprint density at radius 1 is 1.19 bits per heavy atom. The maximum absolute atomic E-state index is 5.52. The zero-order valence-corrected chi connectivity index (χ0v) is 12.4. The van der Waals surface area contributed by atoms with Gasteiger partial charge < -0.3 is 9.64 Å². The Bertz CT molecular complexity index is 590. The molecule has 0 aliphatic carbocycles. The lowest BCUT2D eigenvalue weighted by atomic mass is 10.0. The number of methoxy groups -OCH3 is 1. The number of aromatic nitrogens is 2. The van der Waals surface area contributed by atoms with E-state index in [2.05, 4.69) is 38.9 Å². The van der Waals surface area contributed by atoms with E-state index in [1.807, 2.05) is 18.2 Å². The first kappa shape index (κ1) is 13.8. The Labute approximate surface area is 125 Å². The maximum atomic E-state index is 5.52. The molecule has 0 amide bonds. The summed E-state index contributed by atoms with van der Waals surface area (Å²) in [7, 11) is 3.89. The molecule has 5 heteroatoms. The fraction of sp³-hybridized carbons (Fsp3) is 0.375. The number of ether oxygens (including phenoxy) is 1. The minimum atomic E-state index is 0.296. The standard InChI is InChI=1S/C16H20N4O/c1-19-9-10-20(16-7-8-17-12-18-16)11-14(19)13-5-3-4-6-15(13)21-2/h3-8,12,14H,9-11H2,1-2H3/t14-/m0/s1. The predicted molar refractivity (Wildman–Crippen MR) is 82.6 cm³/mol. The largest absolute Gasteiger partial charge is 0.496 e. The van der Waals surface area contributed by atoms with Crippen LogP contribution in [0, 0.1) is 0 Å². The number of rotatable bonds is 3. The molecule has 5 nitrogen and oxygen atoms in total. The quantitative estimate of drug-likeness (QED) is 0.862. The third kappa shape index (κ3) is 2.83. The summed E-state index contributed by atoms with van der Waals surface area (Å²) in [5.74, 6) is 1.93. The van der Waals surface area contributed by atoms with E-state index < -0.39 is 0 Å². The average molecular weight is 284 g/mol. The van der Waals surface area contributed by atoms with Crippen LogP contribution in [0.4, 0.5) is 5.82 Å². The molecule has 1 aromatic heterocycles. The minimum Gasteiger partial charge on any atom is -0.496 e. The summed E-state index contributed by atoms with van der Waals surface area (Å²) in [4.78, 5) is 13.0. The first-order chi connectivity index (χ1) is 10.3. The number of benzene rings is 1. The summed E-state index contributed by atoms with van der Waals surface area (Å²) in [6.07, 6.45) is 3.39. The molecule has 0 bridgehead atoms. The van der Waals surface area contributed by atoms with Gasteiger partial charge in [0, 0.05) is 31.4 Å². The third-order valence-electron chi connectivity index (χ3n) is 4.04. The summed E-state index contributed by atoms with van der Waals surface area (Å²) in [6.45, 7) is 2.86. The van der Waals surface area contributed by atoms with Crippen molar-refractivity contribution in [2.75, 3.05) is 38.7 Å². The van der Waals surface area contributed by atoms with Crippen LogP contribution in [0.1, 0.15) is 11.6 Å². The SMILES string of the molecule is COc1ccccc1[C@@H]1CN(c2ccncn2)CCN1C. The summed E-state index contributed by atoms with van der Waals surface area (Å²) >= 11 is 0. The van der Waals surface area contributed by atoms with E-state index in [0.29, 0.717) is 6.04 Å². The van der Waals surface area contributed by atoms with Crippen LogP contribution in [0.5, 0.6) is 5.75 Å². The fourth-order valence-corrected chi connectivity index (χ4v) is 2.83. The molecule has 2 heterocycles. The molecule has 2 aromatic rings. The molecule has 0 radical (unpaired) electrons. The first-order valence-electron chi connectivity index (χ1n) is 7.13. The molecule has 0 saturated carbocycles. The second-order valence-electron chi connectivity index (χ2n) is 5.25. The lowest BCUT2D eigenvalue weighted by Crippen LogP contribution is -2.47. The Hall–Kier alpha value is -2.14. The van der Waals surface area contributed by atoms with Crippen molar-refractivity contribution in [1.82, 2.24) is 14.9 Å². The van der Waals surface area contributed by atoms with E-state index >= 15 is 0 Å². The van der Waals surface area contributed by atoms with E-state index in [-0.39, 0.29) is 0 Å². The number of likely N-dealkylation sites (N-methyl/N-ethyl adjacent to an activating group) is 1. The molecule has 3 rings (SSSR count). The highest BCUT2D eigenvalue weighted by Gasteiger charge is 2.28. The van der Waals surface area contributed by atoms with E-state index in [1.54, 1.807) is 19.6 Å². The van der Waals surface area contributed by atoms with Gasteiger partial charge in [0.25, 0.3) is 0 Å². The molecule has 0 unspecified atom stereocenters. The maximum Gasteiger partial charge on any atom is 0.132 e. The van der Waals surface area contributed by atoms with Crippen molar-refractivity contribution in [1.29, 1.82) is 0 Å². The van der Waals surface area contributed by atoms with Crippen LogP contribution in [-0.4, -0.2) is 48.7 Å². The van der Waals surface area contributed by atoms with E-state index in [9.17, 15) is 0 Å². The zero-order valence-electron chi connectivity index (χ0n) is 12.4. The molecule has 1 atom stereocenters. The summed E-state index contributed by atoms with van der Waals surface area (Å²) in [5, 5.41) is 0. The predicted octanol–water partition coefficient (Wildman–Crippen LogP) is 1.98. The molecule has 0 N–H and O–H groups in total. The number of nitrogens with zero attached hydrogens (tertiary/aromatic N) is 4. The van der Waals surface area contributed by atoms with Gasteiger partial charge in [0.2, 0.25) is 0 Å². The molecule has 110 valence electrons. The summed E-state index contributed by atoms with van der Waals surface area (Å²) < 4.78 is 5.52. The Morgan fingerprint density at radius 2 is 2.05 bits per heavy atom. The molecular weight excluding hydrogens is 264 g/mol. The van der Waals surface area contributed by atoms with Gasteiger partial charge in [0.05, 0.1) is 13.2 Å². The molecule has 21 heavy (non-hydrogen) atoms. The van der Waals surface area contributed by atoms with Crippen molar-refractivity contribution in [3.63, 3.8) is 0 Å². The second kappa shape index (κ2) is 6.10. The molecule has 1 aliphatic heterocycles. The van der Waals surface area contributed by atoms with Gasteiger partial charge in [-0.2, -0.15) is 0 Å². The molecule has 1 fully saturated rings. The van der Waals surface area contributed by atoms with E-state index in [4.69, 9.17) is 4.74 Å². The van der Waals surface area contributed by atoms with Crippen LogP contribution in [0.25, 0.3) is 0 Å². The third-order valence-corrected chi connectivity index (χ3v) is 4.04. The zero-order chi connectivity index (χ0) is 14.7. The van der Waals surface area contributed by atoms with Crippen molar-refractivity contribution in [2.45, 2.75) is 6.04 Å². The van der Waals surface area contributed by atoms with Gasteiger partial charge in [-0.25, -0.2) is 9.97 Å². The van der Waals surface area contributed by atoms with Gasteiger partial charge in [0.1, 0.15) is 17.9 Å². The lowest BCUT2D eigenvalue weighted by Gasteiger charge is -2.40. The highest BCUT2D eigenvalue weighted by Crippen LogP contribution is 2.32. The van der Waals surface area contributed by atoms with Gasteiger partial charge >= 0.3 is 0 Å². The Balaban J connectivity index is 1.87. The highest BCUT2D eigenvalue weighted by atomic mass is 16.5. The van der Waals surface area contributed by atoms with Crippen molar-refractivity contribution in [3.8, 4) is 5.75 Å². The fourth-order valence-electron chi connectivity index (χ4n) is 2.83. The first-order valence-corrected chi connectivity index (χ1v) is 7.13. The van der Waals surface area contributed by atoms with Crippen molar-refractivity contribution in [2.24, 2.45) is 0 Å². The monoisotopic (exact) mass is 284 g/mol. The van der Waals surface area contributed by atoms with Crippen LogP contribution in [0.15, 0.2) is 42.9 Å². The van der Waals surface area contributed by atoms with Crippen LogP contribution in [0.2, 0.25) is 0 Å². The number of piperazine rings is 1. The lowest BCUT2D eigenvalue weighted by molar-refractivity contribution is 0.216. The smallest absolute Gasteiger partial charge is 0.132 e. The highest BCUT2D eigenvalue weighted by molar-refractivity contribution is 5.42. The number of anilines is 1. The van der Waals surface area contributed by atoms with Gasteiger partial charge in [-0.15, -0.1) is 0 Å². The molecule has 0 spiro atoms. The normalized spacial score (nSPS) is 19.5. The summed E-state index contributed by atoms with van der Waals surface area (Å²) in [5.41, 5.74) is 1.22. The van der Waals surface area contributed by atoms with E-state index in [0.717, 1.165) is 31.2 Å². The van der Waals surface area contributed by atoms with Crippen LogP contribution < -0.4 is 9.64 Å². The van der Waals surface area contributed by atoms with Crippen molar-refractivity contribution in [3.05, 3.63) is 48.4 Å². The van der Waals surface area contributed by atoms with Gasteiger partial charge in [-0.05, 0) is 19.2 Å². The summed E-state index contributed by atoms with van der Waals surface area (Å²) in [6, 6.07) is 10.5. The van der Waals surface area contributed by atoms with Crippen LogP contribution in [0.3, 0.4) is 0 Å². The number of hydrogen-bond acceptors (Lipinski definition) is 5.